The van der Waals surface area contributed by atoms with Crippen molar-refractivity contribution in [2.24, 2.45) is 0 Å². The smallest absolute Gasteiger partial charge is 0.323 e. The van der Waals surface area contributed by atoms with Crippen LogP contribution in [-0.2, 0) is 0 Å². The number of hydrogen-bond acceptors (Lipinski definition) is 6. The summed E-state index contributed by atoms with van der Waals surface area (Å²) in [4.78, 5) is 37.1. The van der Waals surface area contributed by atoms with E-state index < -0.39 is 5.82 Å². The molecule has 0 bridgehead atoms. The fourth-order valence-corrected chi connectivity index (χ4v) is 4.37. The number of pyridine rings is 1. The van der Waals surface area contributed by atoms with Gasteiger partial charge in [0.25, 0.3) is 5.91 Å². The van der Waals surface area contributed by atoms with Gasteiger partial charge < -0.3 is 15.1 Å². The molecule has 2 aliphatic rings. The number of carbonyl (C=O) groups excluding carboxylic acids is 2. The lowest BCUT2D eigenvalue weighted by Gasteiger charge is -2.27. The minimum absolute atomic E-state index is 0.0632. The van der Waals surface area contributed by atoms with Gasteiger partial charge in [-0.2, -0.15) is 15.0 Å². The molecule has 3 aromatic rings. The van der Waals surface area contributed by atoms with E-state index in [-0.39, 0.29) is 23.5 Å². The molecule has 176 valence electrons. The predicted molar refractivity (Wildman–Crippen MR) is 124 cm³/mol. The van der Waals surface area contributed by atoms with E-state index in [0.717, 1.165) is 5.82 Å². The standard InChI is InChI=1S/C23H25FN8O2/c1-16-7-11-29(20-3-2-4-21(28-20)31-12-10-25-23(31)34)13-14-30(16)22(33)18-15-17(24)5-6-19(18)32-26-8-9-27-32/h2-6,8-9,15-16H,7,10-14H2,1H3,(H,25,34)/t16-/m1/s1. The van der Waals surface area contributed by atoms with Crippen LogP contribution in [0.15, 0.2) is 48.8 Å². The molecule has 0 radical (unpaired) electrons. The first kappa shape index (κ1) is 21.8. The van der Waals surface area contributed by atoms with Crippen molar-refractivity contribution < 1.29 is 14.0 Å². The lowest BCUT2D eigenvalue weighted by atomic mass is 10.1. The molecule has 34 heavy (non-hydrogen) atoms. The Morgan fingerprint density at radius 1 is 1.06 bits per heavy atom. The Bertz CT molecular complexity index is 1200. The molecule has 5 rings (SSSR count). The molecule has 0 spiro atoms. The van der Waals surface area contributed by atoms with Gasteiger partial charge in [0.1, 0.15) is 17.5 Å². The van der Waals surface area contributed by atoms with Crippen LogP contribution >= 0.6 is 0 Å². The Kier molecular flexibility index (Phi) is 5.83. The van der Waals surface area contributed by atoms with Gasteiger partial charge in [-0.25, -0.2) is 14.2 Å². The maximum atomic E-state index is 14.1. The van der Waals surface area contributed by atoms with Crippen LogP contribution in [0.1, 0.15) is 23.7 Å². The quantitative estimate of drug-likeness (QED) is 0.635. The number of amides is 3. The van der Waals surface area contributed by atoms with Crippen molar-refractivity contribution in [3.8, 4) is 5.69 Å². The van der Waals surface area contributed by atoms with Crippen LogP contribution in [0.5, 0.6) is 0 Å². The number of benzene rings is 1. The van der Waals surface area contributed by atoms with Crippen molar-refractivity contribution >= 4 is 23.6 Å². The molecule has 3 amide bonds. The molecule has 10 nitrogen and oxygen atoms in total. The van der Waals surface area contributed by atoms with Crippen LogP contribution < -0.4 is 15.1 Å². The summed E-state index contributed by atoms with van der Waals surface area (Å²) in [6.07, 6.45) is 3.74. The molecule has 0 aliphatic carbocycles. The van der Waals surface area contributed by atoms with Crippen LogP contribution in [0.4, 0.5) is 20.8 Å². The van der Waals surface area contributed by atoms with Crippen molar-refractivity contribution in [3.63, 3.8) is 0 Å². The third-order valence-electron chi connectivity index (χ3n) is 6.22. The minimum Gasteiger partial charge on any atom is -0.355 e. The lowest BCUT2D eigenvalue weighted by molar-refractivity contribution is 0.0704. The minimum atomic E-state index is -0.490. The molecular formula is C23H25FN8O2. The van der Waals surface area contributed by atoms with Gasteiger partial charge in [-0.1, -0.05) is 6.07 Å². The number of anilines is 2. The number of urea groups is 1. The second-order valence-corrected chi connectivity index (χ2v) is 8.34. The summed E-state index contributed by atoms with van der Waals surface area (Å²) in [5.74, 6) is 0.603. The first-order valence-corrected chi connectivity index (χ1v) is 11.3. The van der Waals surface area contributed by atoms with E-state index in [1.807, 2.05) is 25.1 Å². The summed E-state index contributed by atoms with van der Waals surface area (Å²) in [6.45, 7) is 4.87. The molecule has 2 aliphatic heterocycles. The molecule has 0 saturated carbocycles. The number of aromatic nitrogens is 4. The van der Waals surface area contributed by atoms with Crippen LogP contribution in [0.3, 0.4) is 0 Å². The summed E-state index contributed by atoms with van der Waals surface area (Å²) in [5, 5.41) is 11.0. The SMILES string of the molecule is C[C@@H]1CCN(c2cccc(N3CCNC3=O)n2)CCN1C(=O)c1cc(F)ccc1-n1nccn1. The van der Waals surface area contributed by atoms with Gasteiger partial charge in [-0.15, -0.1) is 0 Å². The predicted octanol–water partition coefficient (Wildman–Crippen LogP) is 2.07. The van der Waals surface area contributed by atoms with Crippen molar-refractivity contribution in [1.29, 1.82) is 0 Å². The van der Waals surface area contributed by atoms with Gasteiger partial charge in [0.15, 0.2) is 0 Å². The highest BCUT2D eigenvalue weighted by Gasteiger charge is 2.29. The maximum Gasteiger partial charge on any atom is 0.323 e. The molecule has 4 heterocycles. The molecular weight excluding hydrogens is 439 g/mol. The third kappa shape index (κ3) is 4.16. The second kappa shape index (κ2) is 9.08. The van der Waals surface area contributed by atoms with E-state index in [2.05, 4.69) is 20.4 Å². The van der Waals surface area contributed by atoms with Gasteiger partial charge in [0, 0.05) is 38.8 Å². The zero-order chi connectivity index (χ0) is 23.7. The van der Waals surface area contributed by atoms with Crippen LogP contribution in [0, 0.1) is 5.82 Å². The largest absolute Gasteiger partial charge is 0.355 e. The average molecular weight is 465 g/mol. The average Bonchev–Trinajstić information content (AvgIpc) is 3.49. The highest BCUT2D eigenvalue weighted by molar-refractivity contribution is 5.98. The molecule has 0 unspecified atom stereocenters. The van der Waals surface area contributed by atoms with E-state index in [0.29, 0.717) is 50.6 Å². The fraction of sp³-hybridized carbons (Fsp3) is 0.348. The number of nitrogens with zero attached hydrogens (tertiary/aromatic N) is 7. The Morgan fingerprint density at radius 3 is 2.62 bits per heavy atom. The summed E-state index contributed by atoms with van der Waals surface area (Å²) in [5.41, 5.74) is 0.652. The van der Waals surface area contributed by atoms with Gasteiger partial charge >= 0.3 is 6.03 Å². The van der Waals surface area contributed by atoms with E-state index in [9.17, 15) is 14.0 Å². The molecule has 1 N–H and O–H groups in total. The third-order valence-corrected chi connectivity index (χ3v) is 6.22. The molecule has 2 fully saturated rings. The number of carbonyl (C=O) groups is 2. The van der Waals surface area contributed by atoms with Gasteiger partial charge in [-0.3, -0.25) is 9.69 Å². The van der Waals surface area contributed by atoms with Crippen molar-refractivity contribution in [3.05, 3.63) is 60.2 Å². The highest BCUT2D eigenvalue weighted by atomic mass is 19.1. The van der Waals surface area contributed by atoms with E-state index in [1.165, 1.54) is 35.4 Å². The molecule has 2 aromatic heterocycles. The zero-order valence-corrected chi connectivity index (χ0v) is 18.8. The Balaban J connectivity index is 1.37. The van der Waals surface area contributed by atoms with Gasteiger partial charge in [-0.05, 0) is 43.7 Å². The second-order valence-electron chi connectivity index (χ2n) is 8.34. The van der Waals surface area contributed by atoms with Crippen LogP contribution in [0.2, 0.25) is 0 Å². The first-order chi connectivity index (χ1) is 16.5. The molecule has 11 heteroatoms. The van der Waals surface area contributed by atoms with Crippen LogP contribution in [0.25, 0.3) is 5.69 Å². The summed E-state index contributed by atoms with van der Waals surface area (Å²) in [7, 11) is 0. The maximum absolute atomic E-state index is 14.1. The number of hydrogen-bond donors (Lipinski definition) is 1. The Hall–Kier alpha value is -4.02. The Morgan fingerprint density at radius 2 is 1.85 bits per heavy atom. The van der Waals surface area contributed by atoms with Gasteiger partial charge in [0.2, 0.25) is 0 Å². The highest BCUT2D eigenvalue weighted by Crippen LogP contribution is 2.24. The zero-order valence-electron chi connectivity index (χ0n) is 18.8. The summed E-state index contributed by atoms with van der Waals surface area (Å²) >= 11 is 0. The van der Waals surface area contributed by atoms with E-state index in [4.69, 9.17) is 4.98 Å². The molecule has 2 saturated heterocycles. The topological polar surface area (TPSA) is 99.5 Å². The monoisotopic (exact) mass is 464 g/mol. The fourth-order valence-electron chi connectivity index (χ4n) is 4.37. The summed E-state index contributed by atoms with van der Waals surface area (Å²) < 4.78 is 14.1. The summed E-state index contributed by atoms with van der Waals surface area (Å²) in [6, 6.07) is 9.45. The first-order valence-electron chi connectivity index (χ1n) is 11.3. The lowest BCUT2D eigenvalue weighted by Crippen LogP contribution is -2.40. The van der Waals surface area contributed by atoms with Crippen LogP contribution in [-0.4, -0.2) is 75.6 Å². The van der Waals surface area contributed by atoms with Crippen molar-refractivity contribution in [2.45, 2.75) is 19.4 Å². The number of rotatable bonds is 4. The van der Waals surface area contributed by atoms with E-state index in [1.54, 1.807) is 9.80 Å². The van der Waals surface area contributed by atoms with E-state index >= 15 is 0 Å². The molecule has 1 atom stereocenters. The molecule has 1 aromatic carbocycles. The Labute approximate surface area is 196 Å². The van der Waals surface area contributed by atoms with Gasteiger partial charge in [0.05, 0.1) is 23.6 Å². The van der Waals surface area contributed by atoms with Crippen molar-refractivity contribution in [2.75, 3.05) is 42.5 Å². The number of halogens is 1. The normalized spacial score (nSPS) is 18.7. The van der Waals surface area contributed by atoms with Crippen molar-refractivity contribution in [1.82, 2.24) is 30.2 Å². The number of nitrogens with one attached hydrogen (secondary N) is 1.